The van der Waals surface area contributed by atoms with Crippen LogP contribution in [0.25, 0.3) is 0 Å². The zero-order valence-electron chi connectivity index (χ0n) is 11.8. The molecule has 106 valence electrons. The number of nitrogens with one attached hydrogen (secondary N) is 1. The summed E-state index contributed by atoms with van der Waals surface area (Å²) >= 11 is 9.55. The molecule has 3 heteroatoms. The molecule has 0 aliphatic rings. The SMILES string of the molecule is CCCNC(c1ccc(Cl)cc1)c1ccc(Br)c(C)c1. The highest BCUT2D eigenvalue weighted by Crippen LogP contribution is 2.27. The van der Waals surface area contributed by atoms with E-state index in [1.807, 2.05) is 12.1 Å². The van der Waals surface area contributed by atoms with Crippen molar-refractivity contribution in [2.24, 2.45) is 0 Å². The van der Waals surface area contributed by atoms with Crippen LogP contribution in [0.3, 0.4) is 0 Å². The molecule has 0 amide bonds. The van der Waals surface area contributed by atoms with E-state index in [1.54, 1.807) is 0 Å². The lowest BCUT2D eigenvalue weighted by molar-refractivity contribution is 0.598. The quantitative estimate of drug-likeness (QED) is 0.749. The minimum atomic E-state index is 0.207. The highest BCUT2D eigenvalue weighted by Gasteiger charge is 2.13. The topological polar surface area (TPSA) is 12.0 Å². The van der Waals surface area contributed by atoms with Crippen LogP contribution in [0.1, 0.15) is 36.1 Å². The first-order valence-electron chi connectivity index (χ1n) is 6.86. The number of hydrogen-bond donors (Lipinski definition) is 1. The van der Waals surface area contributed by atoms with Crippen molar-refractivity contribution in [2.75, 3.05) is 6.54 Å². The van der Waals surface area contributed by atoms with E-state index in [4.69, 9.17) is 11.6 Å². The van der Waals surface area contributed by atoms with E-state index in [1.165, 1.54) is 16.7 Å². The van der Waals surface area contributed by atoms with Crippen molar-refractivity contribution in [3.05, 3.63) is 68.7 Å². The molecule has 2 rings (SSSR count). The lowest BCUT2D eigenvalue weighted by atomic mass is 9.97. The molecule has 0 saturated carbocycles. The molecule has 0 heterocycles. The molecule has 20 heavy (non-hydrogen) atoms. The Morgan fingerprint density at radius 2 is 1.75 bits per heavy atom. The number of aryl methyl sites for hydroxylation is 1. The maximum atomic E-state index is 5.99. The van der Waals surface area contributed by atoms with Crippen LogP contribution in [0, 0.1) is 6.92 Å². The molecule has 2 aromatic carbocycles. The Bertz CT molecular complexity index is 566. The van der Waals surface area contributed by atoms with Crippen LogP contribution in [0.2, 0.25) is 5.02 Å². The summed E-state index contributed by atoms with van der Waals surface area (Å²) in [6.07, 6.45) is 1.11. The summed E-state index contributed by atoms with van der Waals surface area (Å²) in [5.74, 6) is 0. The largest absolute Gasteiger partial charge is 0.306 e. The van der Waals surface area contributed by atoms with E-state index in [9.17, 15) is 0 Å². The van der Waals surface area contributed by atoms with Gasteiger partial charge in [0.1, 0.15) is 0 Å². The molecule has 0 radical (unpaired) electrons. The van der Waals surface area contributed by atoms with Crippen molar-refractivity contribution in [3.8, 4) is 0 Å². The predicted molar refractivity (Wildman–Crippen MR) is 90.5 cm³/mol. The van der Waals surface area contributed by atoms with Gasteiger partial charge in [0.05, 0.1) is 6.04 Å². The highest BCUT2D eigenvalue weighted by molar-refractivity contribution is 9.10. The van der Waals surface area contributed by atoms with Gasteiger partial charge in [-0.1, -0.05) is 58.7 Å². The summed E-state index contributed by atoms with van der Waals surface area (Å²) < 4.78 is 1.14. The van der Waals surface area contributed by atoms with Crippen LogP contribution in [-0.4, -0.2) is 6.54 Å². The Morgan fingerprint density at radius 1 is 1.10 bits per heavy atom. The van der Waals surface area contributed by atoms with E-state index in [-0.39, 0.29) is 6.04 Å². The molecule has 0 aliphatic carbocycles. The average Bonchev–Trinajstić information content (AvgIpc) is 2.45. The number of rotatable bonds is 5. The molecular weight excluding hydrogens is 334 g/mol. The summed E-state index contributed by atoms with van der Waals surface area (Å²) in [4.78, 5) is 0. The van der Waals surface area contributed by atoms with E-state index in [2.05, 4.69) is 65.4 Å². The second kappa shape index (κ2) is 7.26. The smallest absolute Gasteiger partial charge is 0.0576 e. The van der Waals surface area contributed by atoms with Crippen LogP contribution >= 0.6 is 27.5 Å². The van der Waals surface area contributed by atoms with Crippen molar-refractivity contribution in [1.82, 2.24) is 5.32 Å². The first-order valence-corrected chi connectivity index (χ1v) is 8.04. The fraction of sp³-hybridized carbons (Fsp3) is 0.294. The van der Waals surface area contributed by atoms with Crippen molar-refractivity contribution in [2.45, 2.75) is 26.3 Å². The van der Waals surface area contributed by atoms with Crippen molar-refractivity contribution in [1.29, 1.82) is 0 Å². The van der Waals surface area contributed by atoms with Crippen LogP contribution in [-0.2, 0) is 0 Å². The lowest BCUT2D eigenvalue weighted by Crippen LogP contribution is -2.23. The summed E-state index contributed by atoms with van der Waals surface area (Å²) in [5, 5.41) is 4.38. The molecule has 0 saturated heterocycles. The third-order valence-electron chi connectivity index (χ3n) is 3.32. The fourth-order valence-corrected chi connectivity index (χ4v) is 2.59. The van der Waals surface area contributed by atoms with Gasteiger partial charge >= 0.3 is 0 Å². The van der Waals surface area contributed by atoms with Crippen LogP contribution in [0.15, 0.2) is 46.9 Å². The van der Waals surface area contributed by atoms with E-state index in [0.717, 1.165) is 22.5 Å². The van der Waals surface area contributed by atoms with Gasteiger partial charge < -0.3 is 5.32 Å². The first-order chi connectivity index (χ1) is 9.61. The summed E-state index contributed by atoms with van der Waals surface area (Å²) in [6.45, 7) is 5.29. The molecule has 1 unspecified atom stereocenters. The molecule has 1 nitrogen and oxygen atoms in total. The Hall–Kier alpha value is -0.830. The minimum absolute atomic E-state index is 0.207. The summed E-state index contributed by atoms with van der Waals surface area (Å²) in [5.41, 5.74) is 3.77. The summed E-state index contributed by atoms with van der Waals surface area (Å²) in [6, 6.07) is 14.8. The van der Waals surface area contributed by atoms with Gasteiger partial charge in [-0.25, -0.2) is 0 Å². The Labute approximate surface area is 134 Å². The molecule has 0 fully saturated rings. The number of hydrogen-bond acceptors (Lipinski definition) is 1. The highest BCUT2D eigenvalue weighted by atomic mass is 79.9. The van der Waals surface area contributed by atoms with Crippen molar-refractivity contribution in [3.63, 3.8) is 0 Å². The van der Waals surface area contributed by atoms with Gasteiger partial charge in [0.2, 0.25) is 0 Å². The third-order valence-corrected chi connectivity index (χ3v) is 4.46. The molecule has 0 aliphatic heterocycles. The molecule has 1 atom stereocenters. The average molecular weight is 353 g/mol. The zero-order chi connectivity index (χ0) is 14.5. The predicted octanol–water partition coefficient (Wildman–Crippen LogP) is 5.50. The standard InChI is InChI=1S/C17H19BrClN/c1-3-10-20-17(13-4-7-15(19)8-5-13)14-6-9-16(18)12(2)11-14/h4-9,11,17,20H,3,10H2,1-2H3. The molecular formula is C17H19BrClN. The summed E-state index contributed by atoms with van der Waals surface area (Å²) in [7, 11) is 0. The van der Waals surface area contributed by atoms with Gasteiger partial charge in [-0.05, 0) is 54.8 Å². The lowest BCUT2D eigenvalue weighted by Gasteiger charge is -2.20. The van der Waals surface area contributed by atoms with Crippen LogP contribution < -0.4 is 5.32 Å². The molecule has 0 spiro atoms. The van der Waals surface area contributed by atoms with E-state index < -0.39 is 0 Å². The first kappa shape index (κ1) is 15.6. The fourth-order valence-electron chi connectivity index (χ4n) is 2.22. The normalized spacial score (nSPS) is 12.4. The maximum absolute atomic E-state index is 5.99. The zero-order valence-corrected chi connectivity index (χ0v) is 14.1. The van der Waals surface area contributed by atoms with Crippen molar-refractivity contribution < 1.29 is 0 Å². The van der Waals surface area contributed by atoms with Gasteiger partial charge in [0.25, 0.3) is 0 Å². The van der Waals surface area contributed by atoms with E-state index >= 15 is 0 Å². The van der Waals surface area contributed by atoms with Gasteiger partial charge in [-0.3, -0.25) is 0 Å². The number of benzene rings is 2. The molecule has 2 aromatic rings. The molecule has 1 N–H and O–H groups in total. The Morgan fingerprint density at radius 3 is 2.35 bits per heavy atom. The van der Waals surface area contributed by atoms with Crippen LogP contribution in [0.5, 0.6) is 0 Å². The van der Waals surface area contributed by atoms with Gasteiger partial charge in [0, 0.05) is 9.50 Å². The Balaban J connectivity index is 2.35. The van der Waals surface area contributed by atoms with E-state index in [0.29, 0.717) is 0 Å². The second-order valence-electron chi connectivity index (χ2n) is 4.95. The van der Waals surface area contributed by atoms with Gasteiger partial charge in [-0.2, -0.15) is 0 Å². The second-order valence-corrected chi connectivity index (χ2v) is 6.24. The number of halogens is 2. The molecule has 0 bridgehead atoms. The third kappa shape index (κ3) is 3.85. The minimum Gasteiger partial charge on any atom is -0.306 e. The van der Waals surface area contributed by atoms with Crippen LogP contribution in [0.4, 0.5) is 0 Å². The maximum Gasteiger partial charge on any atom is 0.0576 e. The van der Waals surface area contributed by atoms with Gasteiger partial charge in [0.15, 0.2) is 0 Å². The monoisotopic (exact) mass is 351 g/mol. The van der Waals surface area contributed by atoms with Crippen molar-refractivity contribution >= 4 is 27.5 Å². The molecule has 0 aromatic heterocycles. The Kier molecular flexibility index (Phi) is 5.64. The van der Waals surface area contributed by atoms with Gasteiger partial charge in [-0.15, -0.1) is 0 Å².